The number of carbonyl (C=O) groups excluding carboxylic acids is 1. The molecule has 0 aliphatic carbocycles. The minimum atomic E-state index is -0.356. The Labute approximate surface area is 168 Å². The molecule has 1 amide bonds. The second-order valence-corrected chi connectivity index (χ2v) is 7.82. The molecule has 0 fully saturated rings. The highest BCUT2D eigenvalue weighted by atomic mass is 32.2. The standard InChI is InChI=1S/C20H23N5O2S/c1-13-9-14(2)11-17(10-13)25-20(22-23-24-25)28-15(3)19(26)21-12-16-7-5-6-8-18(16)27-4/h5-11,15H,12H2,1-4H3,(H,21,26)/t15-/m0/s1. The summed E-state index contributed by atoms with van der Waals surface area (Å²) in [4.78, 5) is 12.5. The zero-order chi connectivity index (χ0) is 20.1. The number of rotatable bonds is 7. The van der Waals surface area contributed by atoms with Gasteiger partial charge in [0.2, 0.25) is 11.1 Å². The molecule has 0 saturated carbocycles. The van der Waals surface area contributed by atoms with Gasteiger partial charge in [-0.3, -0.25) is 4.79 Å². The number of amides is 1. The molecule has 1 atom stereocenters. The molecule has 7 nitrogen and oxygen atoms in total. The topological polar surface area (TPSA) is 81.9 Å². The molecule has 1 aromatic heterocycles. The van der Waals surface area contributed by atoms with Crippen molar-refractivity contribution in [1.29, 1.82) is 0 Å². The third-order valence-electron chi connectivity index (χ3n) is 4.19. The molecule has 0 bridgehead atoms. The van der Waals surface area contributed by atoms with Gasteiger partial charge < -0.3 is 10.1 Å². The van der Waals surface area contributed by atoms with Gasteiger partial charge in [-0.2, -0.15) is 4.68 Å². The first-order chi connectivity index (χ1) is 13.5. The number of ether oxygens (including phenoxy) is 1. The van der Waals surface area contributed by atoms with E-state index in [1.807, 2.05) is 57.2 Å². The van der Waals surface area contributed by atoms with Crippen molar-refractivity contribution in [3.05, 3.63) is 59.2 Å². The number of methoxy groups -OCH3 is 1. The van der Waals surface area contributed by atoms with Crippen molar-refractivity contribution in [2.24, 2.45) is 0 Å². The third kappa shape index (κ3) is 4.69. The smallest absolute Gasteiger partial charge is 0.233 e. The number of nitrogens with one attached hydrogen (secondary N) is 1. The van der Waals surface area contributed by atoms with Crippen molar-refractivity contribution >= 4 is 17.7 Å². The van der Waals surface area contributed by atoms with Gasteiger partial charge in [0.15, 0.2) is 0 Å². The first-order valence-corrected chi connectivity index (χ1v) is 9.79. The number of hydrogen-bond donors (Lipinski definition) is 1. The number of benzene rings is 2. The van der Waals surface area contributed by atoms with Gasteiger partial charge in [0, 0.05) is 12.1 Å². The van der Waals surface area contributed by atoms with Gasteiger partial charge >= 0.3 is 0 Å². The maximum atomic E-state index is 12.5. The SMILES string of the molecule is COc1ccccc1CNC(=O)[C@H](C)Sc1nnnn1-c1cc(C)cc(C)c1. The molecule has 28 heavy (non-hydrogen) atoms. The predicted molar refractivity (Wildman–Crippen MR) is 109 cm³/mol. The van der Waals surface area contributed by atoms with Crippen LogP contribution in [0.5, 0.6) is 5.75 Å². The summed E-state index contributed by atoms with van der Waals surface area (Å²) in [7, 11) is 1.62. The molecule has 1 N–H and O–H groups in total. The van der Waals surface area contributed by atoms with Crippen LogP contribution in [0.1, 0.15) is 23.6 Å². The summed E-state index contributed by atoms with van der Waals surface area (Å²) in [5.41, 5.74) is 4.07. The summed E-state index contributed by atoms with van der Waals surface area (Å²) in [6.45, 7) is 6.29. The van der Waals surface area contributed by atoms with E-state index in [0.717, 1.165) is 28.1 Å². The van der Waals surface area contributed by atoms with Crippen LogP contribution in [0.2, 0.25) is 0 Å². The summed E-state index contributed by atoms with van der Waals surface area (Å²) in [6.07, 6.45) is 0. The number of para-hydroxylation sites is 1. The molecule has 8 heteroatoms. The molecule has 0 saturated heterocycles. The second kappa shape index (κ2) is 8.88. The van der Waals surface area contributed by atoms with Crippen LogP contribution in [0.4, 0.5) is 0 Å². The van der Waals surface area contributed by atoms with Crippen LogP contribution in [-0.2, 0) is 11.3 Å². The van der Waals surface area contributed by atoms with Crippen LogP contribution in [0, 0.1) is 13.8 Å². The zero-order valence-electron chi connectivity index (χ0n) is 16.3. The number of tetrazole rings is 1. The Hall–Kier alpha value is -2.87. The molecule has 146 valence electrons. The fraction of sp³-hybridized carbons (Fsp3) is 0.300. The lowest BCUT2D eigenvalue weighted by Gasteiger charge is -2.13. The van der Waals surface area contributed by atoms with E-state index in [0.29, 0.717) is 11.7 Å². The van der Waals surface area contributed by atoms with Gasteiger partial charge in [0.05, 0.1) is 18.0 Å². The molecule has 3 aromatic rings. The summed E-state index contributed by atoms with van der Waals surface area (Å²) >= 11 is 1.32. The van der Waals surface area contributed by atoms with E-state index in [9.17, 15) is 4.79 Å². The average molecular weight is 398 g/mol. The van der Waals surface area contributed by atoms with Gasteiger partial charge in [-0.25, -0.2) is 0 Å². The van der Waals surface area contributed by atoms with E-state index >= 15 is 0 Å². The number of hydrogen-bond acceptors (Lipinski definition) is 6. The van der Waals surface area contributed by atoms with Crippen LogP contribution in [0.15, 0.2) is 47.6 Å². The molecular weight excluding hydrogens is 374 g/mol. The molecule has 1 heterocycles. The summed E-state index contributed by atoms with van der Waals surface area (Å²) in [6, 6.07) is 13.7. The first-order valence-electron chi connectivity index (χ1n) is 8.91. The fourth-order valence-electron chi connectivity index (χ4n) is 2.87. The number of aromatic nitrogens is 4. The van der Waals surface area contributed by atoms with Gasteiger partial charge in [0.25, 0.3) is 0 Å². The Morgan fingerprint density at radius 3 is 2.64 bits per heavy atom. The lowest BCUT2D eigenvalue weighted by molar-refractivity contribution is -0.120. The van der Waals surface area contributed by atoms with Gasteiger partial charge in [-0.15, -0.1) is 5.10 Å². The van der Waals surface area contributed by atoms with E-state index in [1.165, 1.54) is 11.8 Å². The monoisotopic (exact) mass is 397 g/mol. The van der Waals surface area contributed by atoms with Crippen molar-refractivity contribution in [1.82, 2.24) is 25.5 Å². The van der Waals surface area contributed by atoms with Crippen LogP contribution >= 0.6 is 11.8 Å². The molecule has 0 unspecified atom stereocenters. The number of thioether (sulfide) groups is 1. The lowest BCUT2D eigenvalue weighted by atomic mass is 10.1. The Morgan fingerprint density at radius 2 is 1.93 bits per heavy atom. The quantitative estimate of drug-likeness (QED) is 0.617. The maximum Gasteiger partial charge on any atom is 0.233 e. The first kappa shape index (κ1) is 19.9. The minimum absolute atomic E-state index is 0.0918. The van der Waals surface area contributed by atoms with Crippen LogP contribution in [-0.4, -0.2) is 38.5 Å². The van der Waals surface area contributed by atoms with Gasteiger partial charge in [-0.05, 0) is 60.5 Å². The highest BCUT2D eigenvalue weighted by molar-refractivity contribution is 8.00. The molecule has 0 aliphatic rings. The lowest BCUT2D eigenvalue weighted by Crippen LogP contribution is -2.30. The number of carbonyl (C=O) groups is 1. The summed E-state index contributed by atoms with van der Waals surface area (Å²) in [5.74, 6) is 0.660. The van der Waals surface area contributed by atoms with Crippen LogP contribution in [0.3, 0.4) is 0 Å². The Bertz CT molecular complexity index is 952. The predicted octanol–water partition coefficient (Wildman–Crippen LogP) is 3.08. The fourth-order valence-corrected chi connectivity index (χ4v) is 3.71. The van der Waals surface area contributed by atoms with E-state index in [1.54, 1.807) is 11.8 Å². The summed E-state index contributed by atoms with van der Waals surface area (Å²) < 4.78 is 6.98. The largest absolute Gasteiger partial charge is 0.496 e. The zero-order valence-corrected chi connectivity index (χ0v) is 17.2. The maximum absolute atomic E-state index is 12.5. The van der Waals surface area contributed by atoms with E-state index in [2.05, 4.69) is 26.9 Å². The molecule has 3 rings (SSSR count). The van der Waals surface area contributed by atoms with E-state index in [4.69, 9.17) is 4.74 Å². The highest BCUT2D eigenvalue weighted by Gasteiger charge is 2.19. The third-order valence-corrected chi connectivity index (χ3v) is 5.22. The Kier molecular flexibility index (Phi) is 6.30. The van der Waals surface area contributed by atoms with Crippen molar-refractivity contribution in [2.45, 2.75) is 37.7 Å². The van der Waals surface area contributed by atoms with Gasteiger partial charge in [-0.1, -0.05) is 36.0 Å². The molecule has 0 spiro atoms. The average Bonchev–Trinajstić information content (AvgIpc) is 3.13. The van der Waals surface area contributed by atoms with Crippen LogP contribution in [0.25, 0.3) is 5.69 Å². The van der Waals surface area contributed by atoms with E-state index in [-0.39, 0.29) is 11.2 Å². The van der Waals surface area contributed by atoms with Crippen molar-refractivity contribution in [3.8, 4) is 11.4 Å². The second-order valence-electron chi connectivity index (χ2n) is 6.51. The molecule has 0 aliphatic heterocycles. The summed E-state index contributed by atoms with van der Waals surface area (Å²) in [5, 5.41) is 15.1. The molecular formula is C20H23N5O2S. The van der Waals surface area contributed by atoms with Crippen molar-refractivity contribution in [3.63, 3.8) is 0 Å². The number of nitrogens with zero attached hydrogens (tertiary/aromatic N) is 4. The Morgan fingerprint density at radius 1 is 1.21 bits per heavy atom. The molecule has 0 radical (unpaired) electrons. The molecule has 2 aromatic carbocycles. The van der Waals surface area contributed by atoms with Gasteiger partial charge in [0.1, 0.15) is 5.75 Å². The highest BCUT2D eigenvalue weighted by Crippen LogP contribution is 2.24. The Balaban J connectivity index is 1.67. The van der Waals surface area contributed by atoms with Crippen molar-refractivity contribution < 1.29 is 9.53 Å². The van der Waals surface area contributed by atoms with Crippen molar-refractivity contribution in [2.75, 3.05) is 7.11 Å². The number of aryl methyl sites for hydroxylation is 2. The van der Waals surface area contributed by atoms with Crippen LogP contribution < -0.4 is 10.1 Å². The van der Waals surface area contributed by atoms with E-state index < -0.39 is 0 Å². The normalized spacial score (nSPS) is 11.9. The minimum Gasteiger partial charge on any atom is -0.496 e.